The molecular formula is C12H22BrNO2. The van der Waals surface area contributed by atoms with E-state index in [4.69, 9.17) is 4.74 Å². The predicted molar refractivity (Wildman–Crippen MR) is 69.0 cm³/mol. The van der Waals surface area contributed by atoms with Crippen LogP contribution in [-0.2, 0) is 4.74 Å². The maximum atomic E-state index is 11.7. The van der Waals surface area contributed by atoms with Crippen molar-refractivity contribution in [2.75, 3.05) is 5.33 Å². The van der Waals surface area contributed by atoms with Crippen molar-refractivity contribution >= 4 is 22.0 Å². The van der Waals surface area contributed by atoms with Gasteiger partial charge in [0.25, 0.3) is 0 Å². The first-order valence-corrected chi connectivity index (χ1v) is 7.06. The molecule has 1 N–H and O–H groups in total. The molecule has 4 heteroatoms. The molecule has 0 aromatic carbocycles. The van der Waals surface area contributed by atoms with E-state index < -0.39 is 5.60 Å². The predicted octanol–water partition coefficient (Wildman–Crippen LogP) is 3.61. The van der Waals surface area contributed by atoms with Crippen molar-refractivity contribution in [1.82, 2.24) is 5.32 Å². The van der Waals surface area contributed by atoms with Gasteiger partial charge in [-0.2, -0.15) is 0 Å². The van der Waals surface area contributed by atoms with Gasteiger partial charge in [0.15, 0.2) is 0 Å². The van der Waals surface area contributed by atoms with E-state index >= 15 is 0 Å². The zero-order valence-corrected chi connectivity index (χ0v) is 12.0. The number of alkyl carbamates (subject to hydrolysis) is 1. The van der Waals surface area contributed by atoms with Crippen molar-refractivity contribution in [3.8, 4) is 0 Å². The maximum absolute atomic E-state index is 11.7. The van der Waals surface area contributed by atoms with Gasteiger partial charge in [-0.3, -0.25) is 0 Å². The Hall–Kier alpha value is -0.250. The van der Waals surface area contributed by atoms with Crippen LogP contribution in [0.4, 0.5) is 4.79 Å². The number of rotatable bonds is 4. The lowest BCUT2D eigenvalue weighted by Crippen LogP contribution is -2.54. The standard InChI is InChI=1S/C12H22BrNO2/c1-11(2,3)16-10(15)14-12(6-4-7-12)8-5-9-13/h4-9H2,1-3H3,(H,14,15). The van der Waals surface area contributed by atoms with Gasteiger partial charge in [-0.1, -0.05) is 15.9 Å². The van der Waals surface area contributed by atoms with Crippen LogP contribution in [0.3, 0.4) is 0 Å². The Morgan fingerprint density at radius 3 is 2.44 bits per heavy atom. The molecule has 1 fully saturated rings. The number of hydrogen-bond donors (Lipinski definition) is 1. The third-order valence-electron chi connectivity index (χ3n) is 2.87. The fourth-order valence-electron chi connectivity index (χ4n) is 1.97. The van der Waals surface area contributed by atoms with Crippen LogP contribution < -0.4 is 5.32 Å². The maximum Gasteiger partial charge on any atom is 0.408 e. The van der Waals surface area contributed by atoms with Gasteiger partial charge in [-0.05, 0) is 52.9 Å². The minimum absolute atomic E-state index is 0.0100. The second kappa shape index (κ2) is 5.39. The molecule has 0 atom stereocenters. The van der Waals surface area contributed by atoms with E-state index in [0.29, 0.717) is 0 Å². The molecule has 0 bridgehead atoms. The van der Waals surface area contributed by atoms with E-state index in [1.165, 1.54) is 6.42 Å². The van der Waals surface area contributed by atoms with Crippen LogP contribution in [0.2, 0.25) is 0 Å². The van der Waals surface area contributed by atoms with Gasteiger partial charge in [0, 0.05) is 10.9 Å². The third-order valence-corrected chi connectivity index (χ3v) is 3.43. The van der Waals surface area contributed by atoms with Gasteiger partial charge in [-0.25, -0.2) is 4.79 Å². The van der Waals surface area contributed by atoms with Gasteiger partial charge in [0.05, 0.1) is 0 Å². The van der Waals surface area contributed by atoms with E-state index in [0.717, 1.165) is 31.0 Å². The third kappa shape index (κ3) is 4.32. The number of carbonyl (C=O) groups is 1. The summed E-state index contributed by atoms with van der Waals surface area (Å²) in [4.78, 5) is 11.7. The van der Waals surface area contributed by atoms with E-state index in [-0.39, 0.29) is 11.6 Å². The minimum atomic E-state index is -0.412. The van der Waals surface area contributed by atoms with Crippen molar-refractivity contribution in [3.63, 3.8) is 0 Å². The number of ether oxygens (including phenoxy) is 1. The summed E-state index contributed by atoms with van der Waals surface area (Å²) >= 11 is 3.43. The SMILES string of the molecule is CC(C)(C)OC(=O)NC1(CCCBr)CCC1. The molecule has 0 heterocycles. The zero-order chi connectivity index (χ0) is 12.2. The lowest BCUT2D eigenvalue weighted by Gasteiger charge is -2.42. The average Bonchev–Trinajstić information content (AvgIpc) is 2.06. The Bertz CT molecular complexity index is 244. The first-order chi connectivity index (χ1) is 7.37. The smallest absolute Gasteiger partial charge is 0.408 e. The van der Waals surface area contributed by atoms with Gasteiger partial charge < -0.3 is 10.1 Å². The molecule has 0 aromatic heterocycles. The summed E-state index contributed by atoms with van der Waals surface area (Å²) in [5.41, 5.74) is -0.402. The Morgan fingerprint density at radius 1 is 1.44 bits per heavy atom. The van der Waals surface area contributed by atoms with Gasteiger partial charge >= 0.3 is 6.09 Å². The summed E-state index contributed by atoms with van der Waals surface area (Å²) in [7, 11) is 0. The Kier molecular flexibility index (Phi) is 4.65. The molecule has 0 aliphatic heterocycles. The highest BCUT2D eigenvalue weighted by molar-refractivity contribution is 9.09. The van der Waals surface area contributed by atoms with Crippen LogP contribution in [-0.4, -0.2) is 22.6 Å². The number of halogens is 1. The highest BCUT2D eigenvalue weighted by Crippen LogP contribution is 2.36. The minimum Gasteiger partial charge on any atom is -0.444 e. The van der Waals surface area contributed by atoms with Crippen LogP contribution in [0.25, 0.3) is 0 Å². The summed E-state index contributed by atoms with van der Waals surface area (Å²) in [5, 5.41) is 4.03. The molecule has 0 spiro atoms. The summed E-state index contributed by atoms with van der Waals surface area (Å²) in [6, 6.07) is 0. The molecule has 1 saturated carbocycles. The normalized spacial score (nSPS) is 18.8. The van der Waals surface area contributed by atoms with Gasteiger partial charge in [0.1, 0.15) is 5.60 Å². The number of alkyl halides is 1. The summed E-state index contributed by atoms with van der Waals surface area (Å²) < 4.78 is 5.29. The first kappa shape index (κ1) is 13.8. The fourth-order valence-corrected chi connectivity index (χ4v) is 2.25. The lowest BCUT2D eigenvalue weighted by molar-refractivity contribution is 0.0370. The molecule has 94 valence electrons. The highest BCUT2D eigenvalue weighted by atomic mass is 79.9. The van der Waals surface area contributed by atoms with Crippen molar-refractivity contribution in [1.29, 1.82) is 0 Å². The van der Waals surface area contributed by atoms with E-state index in [2.05, 4.69) is 21.2 Å². The van der Waals surface area contributed by atoms with Crippen LogP contribution in [0.15, 0.2) is 0 Å². The monoisotopic (exact) mass is 291 g/mol. The van der Waals surface area contributed by atoms with Crippen LogP contribution in [0.5, 0.6) is 0 Å². The molecule has 1 aliphatic rings. The Balaban J connectivity index is 2.41. The average molecular weight is 292 g/mol. The molecular weight excluding hydrogens is 270 g/mol. The number of amides is 1. The largest absolute Gasteiger partial charge is 0.444 e. The summed E-state index contributed by atoms with van der Waals surface area (Å²) in [6.07, 6.45) is 5.23. The quantitative estimate of drug-likeness (QED) is 0.804. The number of hydrogen-bond acceptors (Lipinski definition) is 2. The number of carbonyl (C=O) groups excluding carboxylic acids is 1. The van der Waals surface area contributed by atoms with Gasteiger partial charge in [-0.15, -0.1) is 0 Å². The van der Waals surface area contributed by atoms with Crippen molar-refractivity contribution in [2.24, 2.45) is 0 Å². The molecule has 0 radical (unpaired) electrons. The Morgan fingerprint density at radius 2 is 2.06 bits per heavy atom. The van der Waals surface area contributed by atoms with E-state index in [9.17, 15) is 4.79 Å². The topological polar surface area (TPSA) is 38.3 Å². The second-order valence-corrected chi connectivity index (χ2v) is 6.35. The zero-order valence-electron chi connectivity index (χ0n) is 10.4. The summed E-state index contributed by atoms with van der Waals surface area (Å²) in [5.74, 6) is 0. The Labute approximate surface area is 106 Å². The molecule has 1 amide bonds. The van der Waals surface area contributed by atoms with Crippen LogP contribution in [0.1, 0.15) is 52.9 Å². The van der Waals surface area contributed by atoms with E-state index in [1.54, 1.807) is 0 Å². The van der Waals surface area contributed by atoms with Crippen LogP contribution >= 0.6 is 15.9 Å². The molecule has 3 nitrogen and oxygen atoms in total. The van der Waals surface area contributed by atoms with Gasteiger partial charge in [0.2, 0.25) is 0 Å². The van der Waals surface area contributed by atoms with E-state index in [1.807, 2.05) is 20.8 Å². The second-order valence-electron chi connectivity index (χ2n) is 5.55. The molecule has 16 heavy (non-hydrogen) atoms. The number of nitrogens with one attached hydrogen (secondary N) is 1. The van der Waals surface area contributed by atoms with Crippen molar-refractivity contribution in [2.45, 2.75) is 64.0 Å². The van der Waals surface area contributed by atoms with Crippen molar-refractivity contribution in [3.05, 3.63) is 0 Å². The fraction of sp³-hybridized carbons (Fsp3) is 0.917. The molecule has 1 rings (SSSR count). The lowest BCUT2D eigenvalue weighted by atomic mass is 9.74. The van der Waals surface area contributed by atoms with Crippen LogP contribution in [0, 0.1) is 0 Å². The molecule has 0 aromatic rings. The molecule has 0 saturated heterocycles. The van der Waals surface area contributed by atoms with Crippen molar-refractivity contribution < 1.29 is 9.53 Å². The summed E-state index contributed by atoms with van der Waals surface area (Å²) in [6.45, 7) is 5.66. The molecule has 1 aliphatic carbocycles. The highest BCUT2D eigenvalue weighted by Gasteiger charge is 2.38. The molecule has 0 unspecified atom stereocenters. The first-order valence-electron chi connectivity index (χ1n) is 5.94.